The van der Waals surface area contributed by atoms with E-state index in [9.17, 15) is 4.79 Å². The molecule has 0 aromatic heterocycles. The summed E-state index contributed by atoms with van der Waals surface area (Å²) in [5.41, 5.74) is 1.65. The zero-order chi connectivity index (χ0) is 11.8. The Balaban J connectivity index is 2.49. The van der Waals surface area contributed by atoms with Gasteiger partial charge in [-0.25, -0.2) is 0 Å². The van der Waals surface area contributed by atoms with Crippen LogP contribution in [-0.2, 0) is 0 Å². The summed E-state index contributed by atoms with van der Waals surface area (Å²) in [6, 6.07) is 7.33. The van der Waals surface area contributed by atoms with Gasteiger partial charge >= 0.3 is 0 Å². The van der Waals surface area contributed by atoms with Gasteiger partial charge in [-0.1, -0.05) is 0 Å². The Labute approximate surface area is 95.7 Å². The molecule has 0 saturated heterocycles. The van der Waals surface area contributed by atoms with E-state index in [2.05, 4.69) is 10.6 Å². The first kappa shape index (κ1) is 12.5. The molecule has 4 heteroatoms. The number of hydrogen-bond acceptors (Lipinski definition) is 3. The number of nitrogens with one attached hydrogen (secondary N) is 2. The predicted molar refractivity (Wildman–Crippen MR) is 64.6 cm³/mol. The van der Waals surface area contributed by atoms with Crippen molar-refractivity contribution in [2.75, 3.05) is 25.0 Å². The third kappa shape index (κ3) is 3.90. The van der Waals surface area contributed by atoms with Crippen LogP contribution in [0.2, 0.25) is 0 Å². The Kier molecular flexibility index (Phi) is 5.36. The summed E-state index contributed by atoms with van der Waals surface area (Å²) < 4.78 is 0. The Hall–Kier alpha value is -1.55. The standard InChI is InChI=1S/C12H18N2O2/c1-2-13-11-6-4-10(5-7-11)12(16)14-8-3-9-15/h4-7,13,15H,2-3,8-9H2,1H3,(H,14,16). The first-order valence-corrected chi connectivity index (χ1v) is 5.51. The van der Waals surface area contributed by atoms with E-state index < -0.39 is 0 Å². The minimum Gasteiger partial charge on any atom is -0.396 e. The molecule has 0 fully saturated rings. The normalized spacial score (nSPS) is 9.88. The van der Waals surface area contributed by atoms with Crippen LogP contribution in [0.1, 0.15) is 23.7 Å². The smallest absolute Gasteiger partial charge is 0.251 e. The van der Waals surface area contributed by atoms with Crippen molar-refractivity contribution in [3.05, 3.63) is 29.8 Å². The molecular formula is C12H18N2O2. The fourth-order valence-corrected chi connectivity index (χ4v) is 1.33. The molecule has 0 radical (unpaired) electrons. The molecular weight excluding hydrogens is 204 g/mol. The lowest BCUT2D eigenvalue weighted by Crippen LogP contribution is -2.24. The van der Waals surface area contributed by atoms with E-state index in [0.29, 0.717) is 18.5 Å². The second-order valence-corrected chi connectivity index (χ2v) is 3.44. The molecule has 0 aliphatic carbocycles. The molecule has 88 valence electrons. The van der Waals surface area contributed by atoms with Crippen LogP contribution in [0.15, 0.2) is 24.3 Å². The van der Waals surface area contributed by atoms with Crippen LogP contribution in [0.5, 0.6) is 0 Å². The Bertz CT molecular complexity index is 322. The van der Waals surface area contributed by atoms with Crippen LogP contribution < -0.4 is 10.6 Å². The van der Waals surface area contributed by atoms with E-state index >= 15 is 0 Å². The molecule has 0 aliphatic rings. The maximum atomic E-state index is 11.6. The number of carbonyl (C=O) groups excluding carboxylic acids is 1. The number of amides is 1. The molecule has 1 aromatic rings. The van der Waals surface area contributed by atoms with Gasteiger partial charge in [-0.15, -0.1) is 0 Å². The lowest BCUT2D eigenvalue weighted by atomic mass is 10.2. The summed E-state index contributed by atoms with van der Waals surface area (Å²) in [5.74, 6) is -0.100. The summed E-state index contributed by atoms with van der Waals surface area (Å²) in [5, 5.41) is 14.5. The number of anilines is 1. The summed E-state index contributed by atoms with van der Waals surface area (Å²) in [7, 11) is 0. The first-order chi connectivity index (χ1) is 7.77. The number of carbonyl (C=O) groups is 1. The van der Waals surface area contributed by atoms with E-state index in [0.717, 1.165) is 12.2 Å². The second-order valence-electron chi connectivity index (χ2n) is 3.44. The summed E-state index contributed by atoms with van der Waals surface area (Å²) in [6.45, 7) is 3.49. The van der Waals surface area contributed by atoms with Crippen LogP contribution in [0, 0.1) is 0 Å². The van der Waals surface area contributed by atoms with Crippen LogP contribution in [0.3, 0.4) is 0 Å². The fraction of sp³-hybridized carbons (Fsp3) is 0.417. The third-order valence-electron chi connectivity index (χ3n) is 2.15. The van der Waals surface area contributed by atoms with Gasteiger partial charge in [-0.3, -0.25) is 4.79 Å². The average Bonchev–Trinajstić information content (AvgIpc) is 2.30. The highest BCUT2D eigenvalue weighted by Crippen LogP contribution is 2.08. The number of aliphatic hydroxyl groups excluding tert-OH is 1. The summed E-state index contributed by atoms with van der Waals surface area (Å²) in [6.07, 6.45) is 0.585. The van der Waals surface area contributed by atoms with Gasteiger partial charge in [-0.05, 0) is 37.6 Å². The molecule has 0 heterocycles. The van der Waals surface area contributed by atoms with Gasteiger partial charge in [0.15, 0.2) is 0 Å². The van der Waals surface area contributed by atoms with Gasteiger partial charge in [0.05, 0.1) is 0 Å². The SMILES string of the molecule is CCNc1ccc(C(=O)NCCCO)cc1. The summed E-state index contributed by atoms with van der Waals surface area (Å²) in [4.78, 5) is 11.6. The van der Waals surface area contributed by atoms with E-state index in [-0.39, 0.29) is 12.5 Å². The van der Waals surface area contributed by atoms with E-state index in [1.807, 2.05) is 19.1 Å². The second kappa shape index (κ2) is 6.85. The van der Waals surface area contributed by atoms with Crippen molar-refractivity contribution in [1.29, 1.82) is 0 Å². The van der Waals surface area contributed by atoms with Crippen molar-refractivity contribution in [3.8, 4) is 0 Å². The topological polar surface area (TPSA) is 61.4 Å². The van der Waals surface area contributed by atoms with E-state index in [4.69, 9.17) is 5.11 Å². The number of aliphatic hydroxyl groups is 1. The highest BCUT2D eigenvalue weighted by Gasteiger charge is 2.03. The Morgan fingerprint density at radius 2 is 2.00 bits per heavy atom. The van der Waals surface area contributed by atoms with Crippen LogP contribution in [-0.4, -0.2) is 30.7 Å². The van der Waals surface area contributed by atoms with Crippen molar-refractivity contribution in [3.63, 3.8) is 0 Å². The van der Waals surface area contributed by atoms with Crippen molar-refractivity contribution >= 4 is 11.6 Å². The van der Waals surface area contributed by atoms with E-state index in [1.54, 1.807) is 12.1 Å². The van der Waals surface area contributed by atoms with Crippen LogP contribution >= 0.6 is 0 Å². The molecule has 4 nitrogen and oxygen atoms in total. The monoisotopic (exact) mass is 222 g/mol. The van der Waals surface area contributed by atoms with Gasteiger partial charge in [0.1, 0.15) is 0 Å². The van der Waals surface area contributed by atoms with E-state index in [1.165, 1.54) is 0 Å². The molecule has 0 saturated carbocycles. The van der Waals surface area contributed by atoms with Crippen molar-refractivity contribution in [1.82, 2.24) is 5.32 Å². The molecule has 0 aliphatic heterocycles. The van der Waals surface area contributed by atoms with Crippen LogP contribution in [0.25, 0.3) is 0 Å². The fourth-order valence-electron chi connectivity index (χ4n) is 1.33. The van der Waals surface area contributed by atoms with Crippen molar-refractivity contribution in [2.45, 2.75) is 13.3 Å². The van der Waals surface area contributed by atoms with Crippen molar-refractivity contribution < 1.29 is 9.90 Å². The van der Waals surface area contributed by atoms with Gasteiger partial charge < -0.3 is 15.7 Å². The average molecular weight is 222 g/mol. The van der Waals surface area contributed by atoms with Gasteiger partial charge in [-0.2, -0.15) is 0 Å². The van der Waals surface area contributed by atoms with Gasteiger partial charge in [0, 0.05) is 30.9 Å². The lowest BCUT2D eigenvalue weighted by Gasteiger charge is -2.06. The number of hydrogen-bond donors (Lipinski definition) is 3. The minimum atomic E-state index is -0.100. The molecule has 0 atom stereocenters. The van der Waals surface area contributed by atoms with Crippen molar-refractivity contribution in [2.24, 2.45) is 0 Å². The maximum absolute atomic E-state index is 11.6. The first-order valence-electron chi connectivity index (χ1n) is 5.51. The molecule has 0 unspecified atom stereocenters. The largest absolute Gasteiger partial charge is 0.396 e. The Morgan fingerprint density at radius 3 is 2.56 bits per heavy atom. The highest BCUT2D eigenvalue weighted by atomic mass is 16.3. The molecule has 16 heavy (non-hydrogen) atoms. The molecule has 3 N–H and O–H groups in total. The third-order valence-corrected chi connectivity index (χ3v) is 2.15. The minimum absolute atomic E-state index is 0.0969. The number of rotatable bonds is 6. The lowest BCUT2D eigenvalue weighted by molar-refractivity contribution is 0.0951. The molecule has 1 rings (SSSR count). The van der Waals surface area contributed by atoms with Crippen LogP contribution in [0.4, 0.5) is 5.69 Å². The maximum Gasteiger partial charge on any atom is 0.251 e. The van der Waals surface area contributed by atoms with Gasteiger partial charge in [0.25, 0.3) is 5.91 Å². The molecule has 0 spiro atoms. The molecule has 0 bridgehead atoms. The highest BCUT2D eigenvalue weighted by molar-refractivity contribution is 5.94. The zero-order valence-electron chi connectivity index (χ0n) is 9.49. The summed E-state index contributed by atoms with van der Waals surface area (Å²) >= 11 is 0. The molecule has 1 aromatic carbocycles. The zero-order valence-corrected chi connectivity index (χ0v) is 9.49. The number of benzene rings is 1. The molecule has 1 amide bonds. The quantitative estimate of drug-likeness (QED) is 0.634. The Morgan fingerprint density at radius 1 is 1.31 bits per heavy atom. The van der Waals surface area contributed by atoms with Gasteiger partial charge in [0.2, 0.25) is 0 Å². The predicted octanol–water partition coefficient (Wildman–Crippen LogP) is 1.23.